The highest BCUT2D eigenvalue weighted by Crippen LogP contribution is 2.25. The second-order valence-corrected chi connectivity index (χ2v) is 4.98. The van der Waals surface area contributed by atoms with Crippen LogP contribution in [-0.2, 0) is 16.0 Å². The van der Waals surface area contributed by atoms with E-state index in [1.165, 1.54) is 7.11 Å². The second-order valence-electron chi connectivity index (χ2n) is 4.17. The van der Waals surface area contributed by atoms with Gasteiger partial charge in [-0.15, -0.1) is 11.6 Å². The standard InChI is InChI=1S/C13H14Cl2N2O2/c1-8(13(18)19-2)17-11-4-3-9(15)7-10(11)16-12(17)5-6-14/h3-4,7-8H,5-6H2,1-2H3. The van der Waals surface area contributed by atoms with E-state index in [1.54, 1.807) is 19.1 Å². The van der Waals surface area contributed by atoms with Crippen LogP contribution in [0.3, 0.4) is 0 Å². The number of carbonyl (C=O) groups is 1. The van der Waals surface area contributed by atoms with Crippen LogP contribution in [0.5, 0.6) is 0 Å². The van der Waals surface area contributed by atoms with Gasteiger partial charge in [-0.2, -0.15) is 0 Å². The van der Waals surface area contributed by atoms with Gasteiger partial charge in [0.1, 0.15) is 11.9 Å². The third kappa shape index (κ3) is 2.69. The van der Waals surface area contributed by atoms with Gasteiger partial charge in [0.2, 0.25) is 0 Å². The number of ether oxygens (including phenoxy) is 1. The van der Waals surface area contributed by atoms with Crippen molar-refractivity contribution >= 4 is 40.2 Å². The van der Waals surface area contributed by atoms with Crippen LogP contribution in [-0.4, -0.2) is 28.5 Å². The van der Waals surface area contributed by atoms with Crippen molar-refractivity contribution in [2.45, 2.75) is 19.4 Å². The first-order chi connectivity index (χ1) is 9.08. The number of nitrogens with zero attached hydrogens (tertiary/aromatic N) is 2. The molecule has 2 aromatic rings. The van der Waals surface area contributed by atoms with Crippen molar-refractivity contribution in [3.63, 3.8) is 0 Å². The number of hydrogen-bond donors (Lipinski definition) is 0. The molecule has 0 spiro atoms. The molecule has 102 valence electrons. The summed E-state index contributed by atoms with van der Waals surface area (Å²) in [7, 11) is 1.37. The van der Waals surface area contributed by atoms with E-state index in [9.17, 15) is 4.79 Å². The number of halogens is 2. The van der Waals surface area contributed by atoms with Crippen molar-refractivity contribution in [2.75, 3.05) is 13.0 Å². The van der Waals surface area contributed by atoms with E-state index >= 15 is 0 Å². The van der Waals surface area contributed by atoms with Gasteiger partial charge in [-0.25, -0.2) is 9.78 Å². The van der Waals surface area contributed by atoms with Crippen LogP contribution in [0.15, 0.2) is 18.2 Å². The number of methoxy groups -OCH3 is 1. The van der Waals surface area contributed by atoms with Gasteiger partial charge < -0.3 is 9.30 Å². The van der Waals surface area contributed by atoms with E-state index in [0.29, 0.717) is 17.3 Å². The van der Waals surface area contributed by atoms with Crippen molar-refractivity contribution in [3.8, 4) is 0 Å². The van der Waals surface area contributed by atoms with Crippen molar-refractivity contribution in [1.29, 1.82) is 0 Å². The number of carbonyl (C=O) groups excluding carboxylic acids is 1. The molecule has 6 heteroatoms. The Labute approximate surface area is 121 Å². The van der Waals surface area contributed by atoms with Gasteiger partial charge >= 0.3 is 5.97 Å². The maximum absolute atomic E-state index is 11.7. The molecule has 2 rings (SSSR count). The summed E-state index contributed by atoms with van der Waals surface area (Å²) in [4.78, 5) is 16.2. The normalized spacial score (nSPS) is 12.6. The number of aryl methyl sites for hydroxylation is 1. The molecule has 1 unspecified atom stereocenters. The maximum Gasteiger partial charge on any atom is 0.328 e. The lowest BCUT2D eigenvalue weighted by Gasteiger charge is -2.15. The molecule has 1 aromatic heterocycles. The van der Waals surface area contributed by atoms with E-state index < -0.39 is 6.04 Å². The number of imidazole rings is 1. The number of aromatic nitrogens is 2. The summed E-state index contributed by atoms with van der Waals surface area (Å²) in [6, 6.07) is 4.95. The number of fused-ring (bicyclic) bond motifs is 1. The molecule has 0 radical (unpaired) electrons. The zero-order valence-electron chi connectivity index (χ0n) is 10.7. The smallest absolute Gasteiger partial charge is 0.328 e. The maximum atomic E-state index is 11.7. The first-order valence-electron chi connectivity index (χ1n) is 5.88. The zero-order chi connectivity index (χ0) is 14.0. The third-order valence-corrected chi connectivity index (χ3v) is 3.40. The molecule has 0 aliphatic carbocycles. The second kappa shape index (κ2) is 5.80. The highest BCUT2D eigenvalue weighted by atomic mass is 35.5. The molecule has 0 aliphatic heterocycles. The van der Waals surface area contributed by atoms with Crippen molar-refractivity contribution in [3.05, 3.63) is 29.0 Å². The summed E-state index contributed by atoms with van der Waals surface area (Å²) >= 11 is 11.7. The third-order valence-electron chi connectivity index (χ3n) is 2.97. The topological polar surface area (TPSA) is 44.1 Å². The van der Waals surface area contributed by atoms with Gasteiger partial charge in [0.25, 0.3) is 0 Å². The van der Waals surface area contributed by atoms with Crippen LogP contribution in [0.1, 0.15) is 18.8 Å². The van der Waals surface area contributed by atoms with E-state index in [-0.39, 0.29) is 5.97 Å². The van der Waals surface area contributed by atoms with Gasteiger partial charge in [-0.05, 0) is 25.1 Å². The molecular weight excluding hydrogens is 287 g/mol. The Bertz CT molecular complexity index is 610. The lowest BCUT2D eigenvalue weighted by atomic mass is 10.2. The highest BCUT2D eigenvalue weighted by Gasteiger charge is 2.21. The van der Waals surface area contributed by atoms with Gasteiger partial charge in [0.05, 0.1) is 18.1 Å². The van der Waals surface area contributed by atoms with Gasteiger partial charge in [-0.1, -0.05) is 11.6 Å². The fourth-order valence-corrected chi connectivity index (χ4v) is 2.43. The van der Waals surface area contributed by atoms with Crippen molar-refractivity contribution < 1.29 is 9.53 Å². The Hall–Kier alpha value is -1.26. The Morgan fingerprint density at radius 1 is 1.53 bits per heavy atom. The molecule has 0 saturated heterocycles. The summed E-state index contributed by atoms with van der Waals surface area (Å²) in [5, 5.41) is 0.611. The number of benzene rings is 1. The predicted molar refractivity (Wildman–Crippen MR) is 75.9 cm³/mol. The zero-order valence-corrected chi connectivity index (χ0v) is 12.2. The molecule has 1 atom stereocenters. The van der Waals surface area contributed by atoms with Crippen LogP contribution < -0.4 is 0 Å². The highest BCUT2D eigenvalue weighted by molar-refractivity contribution is 6.31. The average Bonchev–Trinajstić information content (AvgIpc) is 2.74. The molecule has 0 saturated carbocycles. The van der Waals surface area contributed by atoms with Gasteiger partial charge in [0, 0.05) is 17.3 Å². The monoisotopic (exact) mass is 300 g/mol. The SMILES string of the molecule is COC(=O)C(C)n1c(CCCl)nc2cc(Cl)ccc21. The summed E-state index contributed by atoms with van der Waals surface area (Å²) in [6.45, 7) is 1.78. The van der Waals surface area contributed by atoms with Crippen LogP contribution in [0.25, 0.3) is 11.0 Å². The molecular formula is C13H14Cl2N2O2. The lowest BCUT2D eigenvalue weighted by Crippen LogP contribution is -2.20. The fourth-order valence-electron chi connectivity index (χ4n) is 2.09. The Balaban J connectivity index is 2.61. The first-order valence-corrected chi connectivity index (χ1v) is 6.80. The van der Waals surface area contributed by atoms with E-state index in [0.717, 1.165) is 16.9 Å². The Kier molecular flexibility index (Phi) is 4.32. The minimum absolute atomic E-state index is 0.315. The molecule has 0 amide bonds. The van der Waals surface area contributed by atoms with E-state index in [4.69, 9.17) is 27.9 Å². The largest absolute Gasteiger partial charge is 0.467 e. The molecule has 0 fully saturated rings. The minimum atomic E-state index is -0.450. The molecule has 19 heavy (non-hydrogen) atoms. The quantitative estimate of drug-likeness (QED) is 0.643. The molecule has 4 nitrogen and oxygen atoms in total. The van der Waals surface area contributed by atoms with Gasteiger partial charge in [0.15, 0.2) is 0 Å². The fraction of sp³-hybridized carbons (Fsp3) is 0.385. The first kappa shape index (κ1) is 14.2. The lowest BCUT2D eigenvalue weighted by molar-refractivity contribution is -0.143. The van der Waals surface area contributed by atoms with Crippen molar-refractivity contribution in [1.82, 2.24) is 9.55 Å². The Morgan fingerprint density at radius 3 is 2.89 bits per heavy atom. The summed E-state index contributed by atoms with van der Waals surface area (Å²) in [5.74, 6) is 0.875. The predicted octanol–water partition coefficient (Wildman–Crippen LogP) is 3.21. The van der Waals surface area contributed by atoms with Crippen LogP contribution in [0.2, 0.25) is 5.02 Å². The number of rotatable bonds is 4. The van der Waals surface area contributed by atoms with E-state index in [1.807, 2.05) is 10.6 Å². The summed E-state index contributed by atoms with van der Waals surface area (Å²) in [5.41, 5.74) is 1.60. The number of alkyl halides is 1. The molecule has 0 bridgehead atoms. The number of hydrogen-bond acceptors (Lipinski definition) is 3. The Morgan fingerprint density at radius 2 is 2.26 bits per heavy atom. The molecule has 1 aromatic carbocycles. The van der Waals surface area contributed by atoms with Crippen LogP contribution >= 0.6 is 23.2 Å². The van der Waals surface area contributed by atoms with Crippen LogP contribution in [0, 0.1) is 0 Å². The van der Waals surface area contributed by atoms with Crippen LogP contribution in [0.4, 0.5) is 0 Å². The average molecular weight is 301 g/mol. The summed E-state index contributed by atoms with van der Waals surface area (Å²) < 4.78 is 6.64. The minimum Gasteiger partial charge on any atom is -0.467 e. The number of esters is 1. The summed E-state index contributed by atoms with van der Waals surface area (Å²) in [6.07, 6.45) is 0.579. The van der Waals surface area contributed by atoms with Gasteiger partial charge in [-0.3, -0.25) is 0 Å². The van der Waals surface area contributed by atoms with Crippen molar-refractivity contribution in [2.24, 2.45) is 0 Å². The molecule has 1 heterocycles. The molecule has 0 N–H and O–H groups in total. The van der Waals surface area contributed by atoms with E-state index in [2.05, 4.69) is 4.98 Å². The molecule has 0 aliphatic rings.